The molecule has 1 aromatic heterocycles. The number of β-amino-alcohol motifs (C(OH)–C–C–N with tert-alkyl or cyclic N) is 1. The first kappa shape index (κ1) is 22.2. The van der Waals surface area contributed by atoms with E-state index >= 15 is 0 Å². The summed E-state index contributed by atoms with van der Waals surface area (Å²) in [4.78, 5) is 33.9. The largest absolute Gasteiger partial charge is 0.390 e. The lowest BCUT2D eigenvalue weighted by atomic mass is 9.94. The van der Waals surface area contributed by atoms with Crippen LogP contribution >= 0.6 is 0 Å². The Kier molecular flexibility index (Phi) is 6.48. The van der Waals surface area contributed by atoms with Crippen LogP contribution < -0.4 is 5.32 Å². The van der Waals surface area contributed by atoms with Crippen molar-refractivity contribution in [2.45, 2.75) is 57.3 Å². The third-order valence-electron chi connectivity index (χ3n) is 7.52. The maximum atomic E-state index is 14.7. The number of pyridine rings is 1. The van der Waals surface area contributed by atoms with Crippen LogP contribution in [0.2, 0.25) is 0 Å². The number of hydrogen-bond donors (Lipinski definition) is 2. The average Bonchev–Trinajstić information content (AvgIpc) is 2.90. The number of halogens is 1. The van der Waals surface area contributed by atoms with E-state index in [-0.39, 0.29) is 30.6 Å². The van der Waals surface area contributed by atoms with E-state index in [2.05, 4.69) is 10.3 Å². The number of fused-ring (bicyclic) bond motifs is 1. The molecule has 3 aliphatic heterocycles. The van der Waals surface area contributed by atoms with Gasteiger partial charge >= 0.3 is 0 Å². The van der Waals surface area contributed by atoms with Crippen molar-refractivity contribution >= 4 is 17.6 Å². The maximum Gasteiger partial charge on any atom is 0.257 e. The molecular weight excluding hydrogens is 461 g/mol. The molecule has 3 aliphatic rings. The summed E-state index contributed by atoms with van der Waals surface area (Å²) in [5.74, 6) is -0.813. The molecule has 1 aromatic carbocycles. The van der Waals surface area contributed by atoms with E-state index in [0.717, 1.165) is 24.6 Å². The molecule has 4 heterocycles. The van der Waals surface area contributed by atoms with Crippen molar-refractivity contribution in [3.05, 3.63) is 59.0 Å². The molecule has 0 spiro atoms. The Morgan fingerprint density at radius 2 is 1.83 bits per heavy atom. The van der Waals surface area contributed by atoms with Crippen molar-refractivity contribution in [1.82, 2.24) is 19.7 Å². The first-order valence-electron chi connectivity index (χ1n) is 13.6. The fraction of sp³-hybridized carbons (Fsp3) is 0.519. The van der Waals surface area contributed by atoms with Gasteiger partial charge in [-0.1, -0.05) is 24.3 Å². The molecule has 36 heavy (non-hydrogen) atoms. The number of amides is 2. The molecule has 2 atom stereocenters. The van der Waals surface area contributed by atoms with Gasteiger partial charge in [0, 0.05) is 61.0 Å². The number of likely N-dealkylation sites (tertiary alicyclic amines) is 2. The lowest BCUT2D eigenvalue weighted by Gasteiger charge is -2.43. The van der Waals surface area contributed by atoms with Crippen LogP contribution in [0, 0.1) is 5.82 Å². The third kappa shape index (κ3) is 5.22. The van der Waals surface area contributed by atoms with Crippen LogP contribution in [0.15, 0.2) is 36.5 Å². The van der Waals surface area contributed by atoms with Crippen LogP contribution in [0.4, 0.5) is 10.2 Å². The zero-order valence-electron chi connectivity index (χ0n) is 22.5. The van der Waals surface area contributed by atoms with E-state index in [4.69, 9.17) is 2.74 Å². The Morgan fingerprint density at radius 1 is 1.11 bits per heavy atom. The summed E-state index contributed by atoms with van der Waals surface area (Å²) < 4.78 is 32.2. The Morgan fingerprint density at radius 3 is 2.56 bits per heavy atom. The minimum atomic E-state index is -1.73. The molecule has 2 saturated heterocycles. The van der Waals surface area contributed by atoms with E-state index in [0.29, 0.717) is 43.9 Å². The molecule has 192 valence electrons. The number of aliphatic hydroxyl groups excluding tert-OH is 1. The Hall–Kier alpha value is -3.04. The summed E-state index contributed by atoms with van der Waals surface area (Å²) in [6, 6.07) is 8.46. The molecule has 0 saturated carbocycles. The van der Waals surface area contributed by atoms with E-state index in [1.165, 1.54) is 11.0 Å². The van der Waals surface area contributed by atoms with Gasteiger partial charge in [-0.3, -0.25) is 14.5 Å². The second-order valence-electron chi connectivity index (χ2n) is 9.86. The molecule has 0 unspecified atom stereocenters. The summed E-state index contributed by atoms with van der Waals surface area (Å²) in [6.45, 7) is 1.83. The van der Waals surface area contributed by atoms with Crippen molar-refractivity contribution in [3.63, 3.8) is 0 Å². The molecule has 0 aliphatic carbocycles. The van der Waals surface area contributed by atoms with E-state index < -0.39 is 30.4 Å². The number of hydrogen-bond acceptors (Lipinski definition) is 6. The number of carbonyl (C=O) groups is 2. The predicted octanol–water partition coefficient (Wildman–Crippen LogP) is 2.28. The highest BCUT2D eigenvalue weighted by Gasteiger charge is 2.36. The average molecular weight is 498 g/mol. The predicted molar refractivity (Wildman–Crippen MR) is 134 cm³/mol. The van der Waals surface area contributed by atoms with Gasteiger partial charge < -0.3 is 20.2 Å². The topological polar surface area (TPSA) is 89.0 Å². The number of benzene rings is 1. The summed E-state index contributed by atoms with van der Waals surface area (Å²) in [6.07, 6.45) is 2.59. The number of nitrogens with zero attached hydrogens (tertiary/aromatic N) is 4. The quantitative estimate of drug-likeness (QED) is 0.674. The maximum absolute atomic E-state index is 14.7. The number of anilines is 1. The van der Waals surface area contributed by atoms with Gasteiger partial charge in [-0.15, -0.1) is 0 Å². The van der Waals surface area contributed by atoms with Crippen molar-refractivity contribution in [3.8, 4) is 0 Å². The molecule has 0 bridgehead atoms. The standard InChI is InChI=1S/C27H34FN5O3/c1-18(34)31-11-7-21(8-12-31)30-26-14-22(23(28)15-29-26)27(36)33-13-9-24(25(35)17-33)32-10-6-19-4-2-3-5-20(19)16-32/h2-5,14-15,21,24-25,35H,6-13,16-17H2,1H3,(H,29,30)/t24-,25-/m0/s1/i16D2. The molecule has 2 fully saturated rings. The van der Waals surface area contributed by atoms with Gasteiger partial charge in [0.2, 0.25) is 5.91 Å². The lowest BCUT2D eigenvalue weighted by Crippen LogP contribution is -2.56. The van der Waals surface area contributed by atoms with Gasteiger partial charge in [-0.25, -0.2) is 9.37 Å². The van der Waals surface area contributed by atoms with E-state index in [1.807, 2.05) is 18.2 Å². The normalized spacial score (nSPS) is 25.5. The Bertz CT molecular complexity index is 1210. The molecule has 8 nitrogen and oxygen atoms in total. The van der Waals surface area contributed by atoms with Gasteiger partial charge in [0.05, 0.1) is 17.9 Å². The van der Waals surface area contributed by atoms with Gasteiger partial charge in [0.15, 0.2) is 5.82 Å². The summed E-state index contributed by atoms with van der Waals surface area (Å²) >= 11 is 0. The van der Waals surface area contributed by atoms with Crippen LogP contribution in [-0.2, 0) is 17.7 Å². The zero-order valence-corrected chi connectivity index (χ0v) is 20.5. The second kappa shape index (κ2) is 10.5. The van der Waals surface area contributed by atoms with Gasteiger partial charge in [-0.2, -0.15) is 0 Å². The van der Waals surface area contributed by atoms with Crippen LogP contribution in [-0.4, -0.2) is 87.5 Å². The fourth-order valence-electron chi connectivity index (χ4n) is 5.41. The highest BCUT2D eigenvalue weighted by Crippen LogP contribution is 2.26. The number of aromatic nitrogens is 1. The smallest absolute Gasteiger partial charge is 0.257 e. The number of nitrogens with one attached hydrogen (secondary N) is 1. The zero-order chi connectivity index (χ0) is 27.0. The minimum absolute atomic E-state index is 0.00818. The number of aliphatic hydroxyl groups is 1. The molecule has 2 aromatic rings. The second-order valence-corrected chi connectivity index (χ2v) is 9.86. The molecule has 2 amide bonds. The van der Waals surface area contributed by atoms with Crippen LogP contribution in [0.25, 0.3) is 0 Å². The van der Waals surface area contributed by atoms with E-state index in [9.17, 15) is 19.1 Å². The Labute approximate surface area is 213 Å². The van der Waals surface area contributed by atoms with Crippen molar-refractivity contribution in [2.75, 3.05) is 38.0 Å². The van der Waals surface area contributed by atoms with Crippen molar-refractivity contribution in [1.29, 1.82) is 0 Å². The molecule has 9 heteroatoms. The molecular formula is C27H34FN5O3. The fourth-order valence-corrected chi connectivity index (χ4v) is 5.41. The number of carbonyl (C=O) groups excluding carboxylic acids is 2. The Balaban J connectivity index is 1.24. The lowest BCUT2D eigenvalue weighted by molar-refractivity contribution is -0.129. The number of rotatable bonds is 4. The molecule has 0 radical (unpaired) electrons. The molecule has 5 rings (SSSR count). The number of piperidine rings is 2. The van der Waals surface area contributed by atoms with Crippen LogP contribution in [0.1, 0.15) is 50.4 Å². The SMILES string of the molecule is [2H]C1([2H])c2ccccc2CCN1[C@H]1CCN(C(=O)c2cc(NC3CCN(C(C)=O)CC3)ncc2F)C[C@@H]1O. The summed E-state index contributed by atoms with van der Waals surface area (Å²) in [7, 11) is 0. The molecule has 2 N–H and O–H groups in total. The van der Waals surface area contributed by atoms with E-state index in [1.54, 1.807) is 22.8 Å². The highest BCUT2D eigenvalue weighted by molar-refractivity contribution is 5.95. The van der Waals surface area contributed by atoms with Crippen molar-refractivity contribution in [2.24, 2.45) is 0 Å². The highest BCUT2D eigenvalue weighted by atomic mass is 19.1. The van der Waals surface area contributed by atoms with Crippen molar-refractivity contribution < 1.29 is 21.8 Å². The summed E-state index contributed by atoms with van der Waals surface area (Å²) in [5, 5.41) is 14.3. The van der Waals surface area contributed by atoms with Gasteiger partial charge in [0.1, 0.15) is 5.82 Å². The third-order valence-corrected chi connectivity index (χ3v) is 7.52. The van der Waals surface area contributed by atoms with Crippen LogP contribution in [0.5, 0.6) is 0 Å². The minimum Gasteiger partial charge on any atom is -0.390 e. The summed E-state index contributed by atoms with van der Waals surface area (Å²) in [5.41, 5.74) is 1.47. The van der Waals surface area contributed by atoms with Gasteiger partial charge in [0.25, 0.3) is 5.91 Å². The first-order valence-corrected chi connectivity index (χ1v) is 12.6. The monoisotopic (exact) mass is 497 g/mol. The first-order chi connectivity index (χ1) is 18.1. The van der Waals surface area contributed by atoms with Gasteiger partial charge in [-0.05, 0) is 42.9 Å². The van der Waals surface area contributed by atoms with Crippen LogP contribution in [0.3, 0.4) is 0 Å².